The van der Waals surface area contributed by atoms with Gasteiger partial charge in [-0.1, -0.05) is 29.5 Å². The lowest BCUT2D eigenvalue weighted by atomic mass is 10.2. The van der Waals surface area contributed by atoms with Crippen molar-refractivity contribution in [3.63, 3.8) is 0 Å². The van der Waals surface area contributed by atoms with Gasteiger partial charge >= 0.3 is 0 Å². The van der Waals surface area contributed by atoms with E-state index in [-0.39, 0.29) is 5.82 Å². The Morgan fingerprint density at radius 2 is 1.75 bits per heavy atom. The molecule has 0 saturated carbocycles. The number of hydrogen-bond donors (Lipinski definition) is 0. The summed E-state index contributed by atoms with van der Waals surface area (Å²) in [5, 5.41) is 0. The van der Waals surface area contributed by atoms with E-state index >= 15 is 0 Å². The Morgan fingerprint density at radius 3 is 2.38 bits per heavy atom. The van der Waals surface area contributed by atoms with E-state index in [1.165, 1.54) is 17.7 Å². The standard InChI is InChI=1S/C13H10BrFS/c1-9-2-5-11(6-3-9)16-13-7-4-10(15)8-12(13)14/h2-8H,1H3. The average molecular weight is 297 g/mol. The van der Waals surface area contributed by atoms with Crippen LogP contribution in [0.15, 0.2) is 56.7 Å². The zero-order valence-electron chi connectivity index (χ0n) is 8.71. The molecule has 2 aromatic carbocycles. The molecule has 0 nitrogen and oxygen atoms in total. The molecule has 0 aromatic heterocycles. The van der Waals surface area contributed by atoms with Crippen molar-refractivity contribution in [2.75, 3.05) is 0 Å². The molecule has 0 atom stereocenters. The van der Waals surface area contributed by atoms with Gasteiger partial charge in [0.05, 0.1) is 0 Å². The first-order valence-electron chi connectivity index (χ1n) is 4.85. The summed E-state index contributed by atoms with van der Waals surface area (Å²) < 4.78 is 13.7. The largest absolute Gasteiger partial charge is 0.207 e. The third-order valence-electron chi connectivity index (χ3n) is 2.14. The molecule has 0 spiro atoms. The van der Waals surface area contributed by atoms with E-state index in [9.17, 15) is 4.39 Å². The van der Waals surface area contributed by atoms with Gasteiger partial charge in [0.15, 0.2) is 0 Å². The van der Waals surface area contributed by atoms with E-state index in [0.717, 1.165) is 14.3 Å². The van der Waals surface area contributed by atoms with Crippen LogP contribution >= 0.6 is 27.7 Å². The Balaban J connectivity index is 2.23. The minimum absolute atomic E-state index is 0.222. The summed E-state index contributed by atoms with van der Waals surface area (Å²) >= 11 is 4.98. The molecule has 2 rings (SSSR count). The molecule has 0 aliphatic carbocycles. The molecule has 0 saturated heterocycles. The van der Waals surface area contributed by atoms with E-state index in [1.807, 2.05) is 0 Å². The summed E-state index contributed by atoms with van der Waals surface area (Å²) in [6, 6.07) is 13.0. The monoisotopic (exact) mass is 296 g/mol. The van der Waals surface area contributed by atoms with Crippen LogP contribution in [0.4, 0.5) is 4.39 Å². The second-order valence-electron chi connectivity index (χ2n) is 3.49. The molecule has 0 fully saturated rings. The predicted octanol–water partition coefficient (Wildman–Crippen LogP) is 5.05. The van der Waals surface area contributed by atoms with Crippen LogP contribution < -0.4 is 0 Å². The maximum absolute atomic E-state index is 12.9. The number of halogens is 2. The first-order valence-corrected chi connectivity index (χ1v) is 6.46. The highest BCUT2D eigenvalue weighted by molar-refractivity contribution is 9.10. The lowest BCUT2D eigenvalue weighted by Gasteiger charge is -2.04. The van der Waals surface area contributed by atoms with Gasteiger partial charge in [-0.3, -0.25) is 0 Å². The van der Waals surface area contributed by atoms with Gasteiger partial charge < -0.3 is 0 Å². The van der Waals surface area contributed by atoms with Crippen molar-refractivity contribution in [1.82, 2.24) is 0 Å². The molecule has 82 valence electrons. The average Bonchev–Trinajstić information content (AvgIpc) is 2.25. The normalized spacial score (nSPS) is 10.4. The van der Waals surface area contributed by atoms with Gasteiger partial charge in [-0.15, -0.1) is 0 Å². The summed E-state index contributed by atoms with van der Waals surface area (Å²) in [7, 11) is 0. The quantitative estimate of drug-likeness (QED) is 0.747. The van der Waals surface area contributed by atoms with Gasteiger partial charge in [0.2, 0.25) is 0 Å². The Kier molecular flexibility index (Phi) is 3.66. The van der Waals surface area contributed by atoms with E-state index in [1.54, 1.807) is 17.8 Å². The number of rotatable bonds is 2. The van der Waals surface area contributed by atoms with Gasteiger partial charge in [-0.05, 0) is 53.2 Å². The third-order valence-corrected chi connectivity index (χ3v) is 4.15. The second kappa shape index (κ2) is 5.02. The number of benzene rings is 2. The van der Waals surface area contributed by atoms with E-state index in [4.69, 9.17) is 0 Å². The molecule has 0 radical (unpaired) electrons. The molecule has 2 aromatic rings. The van der Waals surface area contributed by atoms with E-state index < -0.39 is 0 Å². The van der Waals surface area contributed by atoms with Gasteiger partial charge in [0.1, 0.15) is 5.82 Å². The fraction of sp³-hybridized carbons (Fsp3) is 0.0769. The minimum Gasteiger partial charge on any atom is -0.207 e. The van der Waals surface area contributed by atoms with Crippen LogP contribution in [0, 0.1) is 12.7 Å². The van der Waals surface area contributed by atoms with E-state index in [2.05, 4.69) is 47.1 Å². The maximum Gasteiger partial charge on any atom is 0.124 e. The molecule has 0 aliphatic heterocycles. The summed E-state index contributed by atoms with van der Waals surface area (Å²) in [5.74, 6) is -0.222. The zero-order chi connectivity index (χ0) is 11.5. The van der Waals surface area contributed by atoms with Crippen molar-refractivity contribution in [1.29, 1.82) is 0 Å². The molecule has 0 N–H and O–H groups in total. The van der Waals surface area contributed by atoms with Gasteiger partial charge in [0.25, 0.3) is 0 Å². The fourth-order valence-corrected chi connectivity index (χ4v) is 2.70. The molecule has 0 bridgehead atoms. The zero-order valence-corrected chi connectivity index (χ0v) is 11.1. The number of aryl methyl sites for hydroxylation is 1. The molecular weight excluding hydrogens is 287 g/mol. The third kappa shape index (κ3) is 2.86. The molecule has 0 aliphatic rings. The number of hydrogen-bond acceptors (Lipinski definition) is 1. The Bertz CT molecular complexity index is 494. The highest BCUT2D eigenvalue weighted by Crippen LogP contribution is 2.33. The first-order chi connectivity index (χ1) is 7.65. The molecule has 0 amide bonds. The second-order valence-corrected chi connectivity index (χ2v) is 5.46. The van der Waals surface area contributed by atoms with Crippen molar-refractivity contribution < 1.29 is 4.39 Å². The lowest BCUT2D eigenvalue weighted by molar-refractivity contribution is 0.625. The first kappa shape index (κ1) is 11.7. The van der Waals surface area contributed by atoms with Crippen molar-refractivity contribution in [2.24, 2.45) is 0 Å². The molecule has 0 unspecified atom stereocenters. The van der Waals surface area contributed by atoms with E-state index in [0.29, 0.717) is 0 Å². The fourth-order valence-electron chi connectivity index (χ4n) is 1.29. The van der Waals surface area contributed by atoms with Gasteiger partial charge in [0, 0.05) is 14.3 Å². The van der Waals surface area contributed by atoms with Gasteiger partial charge in [-0.25, -0.2) is 4.39 Å². The maximum atomic E-state index is 12.9. The van der Waals surface area contributed by atoms with Crippen LogP contribution in [0.25, 0.3) is 0 Å². The predicted molar refractivity (Wildman–Crippen MR) is 69.4 cm³/mol. The SMILES string of the molecule is Cc1ccc(Sc2ccc(F)cc2Br)cc1. The summed E-state index contributed by atoms with van der Waals surface area (Å²) in [5.41, 5.74) is 1.24. The molecular formula is C13H10BrFS. The van der Waals surface area contributed by atoms with Crippen molar-refractivity contribution in [2.45, 2.75) is 16.7 Å². The molecule has 0 heterocycles. The summed E-state index contributed by atoms with van der Waals surface area (Å²) in [6.45, 7) is 2.06. The molecule has 3 heteroatoms. The topological polar surface area (TPSA) is 0 Å². The Hall–Kier alpha value is -0.800. The Labute approximate surface area is 107 Å². The van der Waals surface area contributed by atoms with Crippen LogP contribution in [0.5, 0.6) is 0 Å². The van der Waals surface area contributed by atoms with Crippen molar-refractivity contribution in [3.05, 3.63) is 58.3 Å². The Morgan fingerprint density at radius 1 is 1.06 bits per heavy atom. The minimum atomic E-state index is -0.222. The molecule has 16 heavy (non-hydrogen) atoms. The van der Waals surface area contributed by atoms with Crippen LogP contribution in [0.3, 0.4) is 0 Å². The summed E-state index contributed by atoms with van der Waals surface area (Å²) in [4.78, 5) is 2.17. The van der Waals surface area contributed by atoms with Crippen LogP contribution in [0.2, 0.25) is 0 Å². The summed E-state index contributed by atoms with van der Waals surface area (Å²) in [6.07, 6.45) is 0. The highest BCUT2D eigenvalue weighted by atomic mass is 79.9. The lowest BCUT2D eigenvalue weighted by Crippen LogP contribution is -1.79. The van der Waals surface area contributed by atoms with Crippen LogP contribution in [0.1, 0.15) is 5.56 Å². The van der Waals surface area contributed by atoms with Crippen molar-refractivity contribution in [3.8, 4) is 0 Å². The van der Waals surface area contributed by atoms with Gasteiger partial charge in [-0.2, -0.15) is 0 Å². The highest BCUT2D eigenvalue weighted by Gasteiger charge is 2.03. The smallest absolute Gasteiger partial charge is 0.124 e. The van der Waals surface area contributed by atoms with Crippen LogP contribution in [-0.4, -0.2) is 0 Å². The van der Waals surface area contributed by atoms with Crippen molar-refractivity contribution >= 4 is 27.7 Å². The van der Waals surface area contributed by atoms with Crippen LogP contribution in [-0.2, 0) is 0 Å².